The maximum Gasteiger partial charge on any atom is 0.0728 e. The first-order valence-electron chi connectivity index (χ1n) is 5.95. The lowest BCUT2D eigenvalue weighted by Gasteiger charge is -2.26. The molecule has 1 aromatic rings. The molecule has 15 heavy (non-hydrogen) atoms. The summed E-state index contributed by atoms with van der Waals surface area (Å²) in [6.07, 6.45) is 7.77. The molecule has 0 amide bonds. The molecule has 1 saturated carbocycles. The van der Waals surface area contributed by atoms with Crippen LogP contribution in [0.1, 0.15) is 50.6 Å². The third-order valence-electron chi connectivity index (χ3n) is 3.22. The number of nitrogens with two attached hydrogens (primary N) is 1. The zero-order valence-electron chi connectivity index (χ0n) is 9.39. The van der Waals surface area contributed by atoms with E-state index < -0.39 is 0 Å². The van der Waals surface area contributed by atoms with E-state index in [2.05, 4.69) is 17.2 Å². The Morgan fingerprint density at radius 1 is 1.53 bits per heavy atom. The molecule has 0 aromatic carbocycles. The topological polar surface area (TPSA) is 56.7 Å². The van der Waals surface area contributed by atoms with Crippen molar-refractivity contribution in [3.63, 3.8) is 0 Å². The molecule has 2 atom stereocenters. The lowest BCUT2D eigenvalue weighted by molar-refractivity contribution is 0.373. The Kier molecular flexibility index (Phi) is 3.36. The monoisotopic (exact) mass is 208 g/mol. The Morgan fingerprint density at radius 2 is 2.40 bits per heavy atom. The van der Waals surface area contributed by atoms with Gasteiger partial charge in [-0.2, -0.15) is 0 Å². The lowest BCUT2D eigenvalue weighted by Crippen LogP contribution is -2.27. The van der Waals surface area contributed by atoms with Crippen molar-refractivity contribution in [1.82, 2.24) is 15.0 Å². The van der Waals surface area contributed by atoms with Crippen LogP contribution in [0.5, 0.6) is 0 Å². The Hall–Kier alpha value is -0.900. The van der Waals surface area contributed by atoms with E-state index in [4.69, 9.17) is 5.73 Å². The van der Waals surface area contributed by atoms with Gasteiger partial charge in [-0.25, -0.2) is 4.68 Å². The number of rotatable bonds is 3. The molecule has 4 heteroatoms. The molecule has 84 valence electrons. The van der Waals surface area contributed by atoms with Crippen LogP contribution in [0.25, 0.3) is 0 Å². The molecule has 0 aliphatic heterocycles. The Balaban J connectivity index is 2.10. The molecule has 0 radical (unpaired) electrons. The third kappa shape index (κ3) is 2.37. The lowest BCUT2D eigenvalue weighted by atomic mass is 9.84. The fourth-order valence-corrected chi connectivity index (χ4v) is 2.46. The molecule has 4 nitrogen and oxygen atoms in total. The van der Waals surface area contributed by atoms with Gasteiger partial charge in [0.15, 0.2) is 0 Å². The van der Waals surface area contributed by atoms with Gasteiger partial charge in [0, 0.05) is 18.5 Å². The SMILES string of the molecule is CCCn1nncc1C1CCCC(N)C1. The average molecular weight is 208 g/mol. The molecule has 0 bridgehead atoms. The number of aromatic nitrogens is 3. The van der Waals surface area contributed by atoms with Crippen LogP contribution in [0.15, 0.2) is 6.20 Å². The third-order valence-corrected chi connectivity index (χ3v) is 3.22. The van der Waals surface area contributed by atoms with Gasteiger partial charge in [-0.05, 0) is 25.7 Å². The first kappa shape index (κ1) is 10.6. The standard InChI is InChI=1S/C11H20N4/c1-2-6-15-11(8-13-14-15)9-4-3-5-10(12)7-9/h8-10H,2-7,12H2,1H3. The van der Waals surface area contributed by atoms with Gasteiger partial charge in [-0.3, -0.25) is 0 Å². The van der Waals surface area contributed by atoms with E-state index in [1.54, 1.807) is 0 Å². The number of hydrogen-bond acceptors (Lipinski definition) is 3. The van der Waals surface area contributed by atoms with Crippen LogP contribution in [0.2, 0.25) is 0 Å². The maximum absolute atomic E-state index is 6.01. The minimum Gasteiger partial charge on any atom is -0.328 e. The summed E-state index contributed by atoms with van der Waals surface area (Å²) in [5, 5.41) is 8.15. The highest BCUT2D eigenvalue weighted by atomic mass is 15.4. The smallest absolute Gasteiger partial charge is 0.0728 e. The second-order valence-electron chi connectivity index (χ2n) is 4.51. The van der Waals surface area contributed by atoms with Crippen LogP contribution >= 0.6 is 0 Å². The normalized spacial score (nSPS) is 26.8. The van der Waals surface area contributed by atoms with Crippen LogP contribution in [0.4, 0.5) is 0 Å². The predicted octanol–water partition coefficient (Wildman–Crippen LogP) is 1.67. The minimum absolute atomic E-state index is 0.369. The van der Waals surface area contributed by atoms with Gasteiger partial charge in [-0.1, -0.05) is 18.6 Å². The average Bonchev–Trinajstić information content (AvgIpc) is 2.66. The summed E-state index contributed by atoms with van der Waals surface area (Å²) in [7, 11) is 0. The summed E-state index contributed by atoms with van der Waals surface area (Å²) in [5.41, 5.74) is 7.29. The van der Waals surface area contributed by atoms with Crippen LogP contribution < -0.4 is 5.73 Å². The van der Waals surface area contributed by atoms with Crippen molar-refractivity contribution in [1.29, 1.82) is 0 Å². The van der Waals surface area contributed by atoms with Crippen molar-refractivity contribution in [2.45, 2.75) is 57.5 Å². The van der Waals surface area contributed by atoms with E-state index in [9.17, 15) is 0 Å². The highest BCUT2D eigenvalue weighted by Gasteiger charge is 2.23. The summed E-state index contributed by atoms with van der Waals surface area (Å²) >= 11 is 0. The van der Waals surface area contributed by atoms with Crippen molar-refractivity contribution in [3.8, 4) is 0 Å². The number of hydrogen-bond donors (Lipinski definition) is 1. The van der Waals surface area contributed by atoms with Crippen LogP contribution in [-0.2, 0) is 6.54 Å². The molecule has 0 spiro atoms. The van der Waals surface area contributed by atoms with Gasteiger partial charge < -0.3 is 5.73 Å². The minimum atomic E-state index is 0.369. The number of aryl methyl sites for hydroxylation is 1. The largest absolute Gasteiger partial charge is 0.328 e. The number of nitrogens with zero attached hydrogens (tertiary/aromatic N) is 3. The zero-order valence-corrected chi connectivity index (χ0v) is 9.39. The van der Waals surface area contributed by atoms with Gasteiger partial charge in [0.05, 0.1) is 11.9 Å². The summed E-state index contributed by atoms with van der Waals surface area (Å²) < 4.78 is 2.04. The molecule has 2 unspecified atom stereocenters. The van der Waals surface area contributed by atoms with Crippen molar-refractivity contribution >= 4 is 0 Å². The molecule has 1 aliphatic rings. The second-order valence-corrected chi connectivity index (χ2v) is 4.51. The van der Waals surface area contributed by atoms with Gasteiger partial charge in [0.2, 0.25) is 0 Å². The summed E-state index contributed by atoms with van der Waals surface area (Å²) in [5.74, 6) is 0.579. The molecular weight excluding hydrogens is 188 g/mol. The van der Waals surface area contributed by atoms with Gasteiger partial charge in [-0.15, -0.1) is 5.10 Å². The highest BCUT2D eigenvalue weighted by Crippen LogP contribution is 2.31. The summed E-state index contributed by atoms with van der Waals surface area (Å²) in [4.78, 5) is 0. The summed E-state index contributed by atoms with van der Waals surface area (Å²) in [6, 6.07) is 0.369. The quantitative estimate of drug-likeness (QED) is 0.822. The zero-order chi connectivity index (χ0) is 10.7. The fourth-order valence-electron chi connectivity index (χ4n) is 2.46. The van der Waals surface area contributed by atoms with Gasteiger partial charge in [0.1, 0.15) is 0 Å². The van der Waals surface area contributed by atoms with Gasteiger partial charge >= 0.3 is 0 Å². The van der Waals surface area contributed by atoms with E-state index in [0.717, 1.165) is 19.4 Å². The van der Waals surface area contributed by atoms with E-state index in [1.807, 2.05) is 10.9 Å². The van der Waals surface area contributed by atoms with Crippen LogP contribution in [-0.4, -0.2) is 21.0 Å². The molecule has 1 aromatic heterocycles. The molecule has 1 heterocycles. The Bertz CT molecular complexity index is 307. The van der Waals surface area contributed by atoms with Crippen molar-refractivity contribution in [2.24, 2.45) is 5.73 Å². The Morgan fingerprint density at radius 3 is 3.13 bits per heavy atom. The molecule has 1 fully saturated rings. The van der Waals surface area contributed by atoms with E-state index >= 15 is 0 Å². The van der Waals surface area contributed by atoms with E-state index in [-0.39, 0.29) is 0 Å². The van der Waals surface area contributed by atoms with Crippen LogP contribution in [0, 0.1) is 0 Å². The van der Waals surface area contributed by atoms with Crippen molar-refractivity contribution in [3.05, 3.63) is 11.9 Å². The van der Waals surface area contributed by atoms with Crippen molar-refractivity contribution in [2.75, 3.05) is 0 Å². The first-order chi connectivity index (χ1) is 7.31. The van der Waals surface area contributed by atoms with Crippen molar-refractivity contribution < 1.29 is 0 Å². The fraction of sp³-hybridized carbons (Fsp3) is 0.818. The molecular formula is C11H20N4. The van der Waals surface area contributed by atoms with Gasteiger partial charge in [0.25, 0.3) is 0 Å². The predicted molar refractivity (Wildman–Crippen MR) is 59.5 cm³/mol. The maximum atomic E-state index is 6.01. The van der Waals surface area contributed by atoms with Crippen LogP contribution in [0.3, 0.4) is 0 Å². The Labute approximate surface area is 90.8 Å². The van der Waals surface area contributed by atoms with E-state index in [0.29, 0.717) is 12.0 Å². The summed E-state index contributed by atoms with van der Waals surface area (Å²) in [6.45, 7) is 3.14. The molecule has 2 N–H and O–H groups in total. The second kappa shape index (κ2) is 4.75. The highest BCUT2D eigenvalue weighted by molar-refractivity contribution is 5.05. The van der Waals surface area contributed by atoms with E-state index in [1.165, 1.54) is 25.0 Å². The molecule has 1 aliphatic carbocycles. The first-order valence-corrected chi connectivity index (χ1v) is 5.95. The molecule has 2 rings (SSSR count). The molecule has 0 saturated heterocycles.